The molecule has 1 unspecified atom stereocenters. The van der Waals surface area contributed by atoms with E-state index in [2.05, 4.69) is 55.3 Å². The fourth-order valence-corrected chi connectivity index (χ4v) is 3.07. The number of piperidine rings is 1. The van der Waals surface area contributed by atoms with Gasteiger partial charge in [0, 0.05) is 30.9 Å². The van der Waals surface area contributed by atoms with E-state index in [4.69, 9.17) is 0 Å². The summed E-state index contributed by atoms with van der Waals surface area (Å²) in [6.07, 6.45) is 6.39. The summed E-state index contributed by atoms with van der Waals surface area (Å²) in [7, 11) is 0. The number of aryl methyl sites for hydroxylation is 1. The largest absolute Gasteiger partial charge is 0.370 e. The monoisotopic (exact) mass is 274 g/mol. The van der Waals surface area contributed by atoms with Crippen LogP contribution in [0.5, 0.6) is 0 Å². The van der Waals surface area contributed by atoms with Gasteiger partial charge in [-0.2, -0.15) is 0 Å². The van der Waals surface area contributed by atoms with Crippen molar-refractivity contribution in [1.82, 2.24) is 5.32 Å². The van der Waals surface area contributed by atoms with E-state index in [1.165, 1.54) is 49.9 Å². The minimum Gasteiger partial charge on any atom is -0.370 e. The Morgan fingerprint density at radius 2 is 2.00 bits per heavy atom. The van der Waals surface area contributed by atoms with E-state index in [9.17, 15) is 0 Å². The highest BCUT2D eigenvalue weighted by Gasteiger charge is 2.20. The summed E-state index contributed by atoms with van der Waals surface area (Å²) >= 11 is 0. The van der Waals surface area contributed by atoms with Gasteiger partial charge in [-0.1, -0.05) is 39.3 Å². The predicted octanol–water partition coefficient (Wildman–Crippen LogP) is 4.00. The van der Waals surface area contributed by atoms with Crippen molar-refractivity contribution < 1.29 is 0 Å². The molecular formula is C18H30N2. The number of nitrogens with zero attached hydrogens (tertiary/aromatic N) is 1. The highest BCUT2D eigenvalue weighted by Crippen LogP contribution is 2.21. The van der Waals surface area contributed by atoms with Gasteiger partial charge in [0.05, 0.1) is 0 Å². The highest BCUT2D eigenvalue weighted by atomic mass is 15.2. The van der Waals surface area contributed by atoms with Crippen molar-refractivity contribution in [2.45, 2.75) is 65.0 Å². The molecule has 1 aromatic carbocycles. The van der Waals surface area contributed by atoms with Gasteiger partial charge in [-0.05, 0) is 43.4 Å². The number of anilines is 1. The second-order valence-electron chi connectivity index (χ2n) is 6.38. The Morgan fingerprint density at radius 1 is 1.25 bits per heavy atom. The zero-order chi connectivity index (χ0) is 14.4. The summed E-state index contributed by atoms with van der Waals surface area (Å²) < 4.78 is 0. The molecule has 0 radical (unpaired) electrons. The Hall–Kier alpha value is -1.02. The second-order valence-corrected chi connectivity index (χ2v) is 6.38. The lowest BCUT2D eigenvalue weighted by atomic mass is 10.0. The number of hydrogen-bond acceptors (Lipinski definition) is 2. The Bertz CT molecular complexity index is 383. The first-order valence-electron chi connectivity index (χ1n) is 8.29. The Kier molecular flexibility index (Phi) is 5.90. The molecule has 1 aromatic rings. The van der Waals surface area contributed by atoms with Crippen molar-refractivity contribution in [3.63, 3.8) is 0 Å². The number of nitrogens with one attached hydrogen (secondary N) is 1. The number of hydrogen-bond donors (Lipinski definition) is 1. The third-order valence-electron chi connectivity index (χ3n) is 4.11. The van der Waals surface area contributed by atoms with E-state index in [1.54, 1.807) is 0 Å². The van der Waals surface area contributed by atoms with Gasteiger partial charge in [0.15, 0.2) is 0 Å². The zero-order valence-electron chi connectivity index (χ0n) is 13.4. The SMILES string of the molecule is CCCCc1ccc(N2CCCC(NC(C)C)C2)cc1. The van der Waals surface area contributed by atoms with Crippen molar-refractivity contribution in [3.05, 3.63) is 29.8 Å². The Morgan fingerprint density at radius 3 is 2.65 bits per heavy atom. The molecule has 1 N–H and O–H groups in total. The molecule has 20 heavy (non-hydrogen) atoms. The molecule has 1 saturated heterocycles. The average molecular weight is 274 g/mol. The van der Waals surface area contributed by atoms with Crippen LogP contribution in [0.4, 0.5) is 5.69 Å². The number of rotatable bonds is 6. The topological polar surface area (TPSA) is 15.3 Å². The summed E-state index contributed by atoms with van der Waals surface area (Å²) in [5.74, 6) is 0. The average Bonchev–Trinajstić information content (AvgIpc) is 2.45. The maximum Gasteiger partial charge on any atom is 0.0366 e. The smallest absolute Gasteiger partial charge is 0.0366 e. The van der Waals surface area contributed by atoms with E-state index in [0.29, 0.717) is 12.1 Å². The van der Waals surface area contributed by atoms with Gasteiger partial charge in [-0.15, -0.1) is 0 Å². The number of benzene rings is 1. The molecule has 0 bridgehead atoms. The number of unbranched alkanes of at least 4 members (excludes halogenated alkanes) is 1. The van der Waals surface area contributed by atoms with Crippen molar-refractivity contribution in [2.24, 2.45) is 0 Å². The minimum atomic E-state index is 0.580. The second kappa shape index (κ2) is 7.68. The molecule has 0 aromatic heterocycles. The van der Waals surface area contributed by atoms with E-state index < -0.39 is 0 Å². The van der Waals surface area contributed by atoms with Crippen LogP contribution in [-0.2, 0) is 6.42 Å². The standard InChI is InChI=1S/C18H30N2/c1-4-5-7-16-9-11-18(12-10-16)20-13-6-8-17(14-20)19-15(2)3/h9-12,15,17,19H,4-8,13-14H2,1-3H3. The van der Waals surface area contributed by atoms with E-state index in [-0.39, 0.29) is 0 Å². The van der Waals surface area contributed by atoms with Gasteiger partial charge in [-0.25, -0.2) is 0 Å². The fraction of sp³-hybridized carbons (Fsp3) is 0.667. The Labute approximate surface area is 124 Å². The van der Waals surface area contributed by atoms with Gasteiger partial charge < -0.3 is 10.2 Å². The molecule has 2 rings (SSSR count). The first-order chi connectivity index (χ1) is 9.69. The summed E-state index contributed by atoms with van der Waals surface area (Å²) in [5, 5.41) is 3.68. The van der Waals surface area contributed by atoms with Gasteiger partial charge in [0.2, 0.25) is 0 Å². The van der Waals surface area contributed by atoms with Crippen LogP contribution in [0.1, 0.15) is 52.0 Å². The summed E-state index contributed by atoms with van der Waals surface area (Å²) in [6, 6.07) is 10.5. The van der Waals surface area contributed by atoms with Crippen molar-refractivity contribution in [1.29, 1.82) is 0 Å². The van der Waals surface area contributed by atoms with Gasteiger partial charge >= 0.3 is 0 Å². The van der Waals surface area contributed by atoms with Crippen LogP contribution >= 0.6 is 0 Å². The minimum absolute atomic E-state index is 0.580. The Balaban J connectivity index is 1.93. The molecule has 2 nitrogen and oxygen atoms in total. The predicted molar refractivity (Wildman–Crippen MR) is 88.6 cm³/mol. The van der Waals surface area contributed by atoms with Crippen molar-refractivity contribution >= 4 is 5.69 Å². The molecule has 0 spiro atoms. The summed E-state index contributed by atoms with van der Waals surface area (Å²) in [6.45, 7) is 9.07. The molecule has 1 atom stereocenters. The molecule has 0 amide bonds. The normalized spacial score (nSPS) is 19.6. The van der Waals surface area contributed by atoms with Crippen molar-refractivity contribution in [3.8, 4) is 0 Å². The van der Waals surface area contributed by atoms with Crippen LogP contribution in [0.25, 0.3) is 0 Å². The molecule has 1 heterocycles. The highest BCUT2D eigenvalue weighted by molar-refractivity contribution is 5.48. The maximum absolute atomic E-state index is 3.68. The molecule has 1 aliphatic heterocycles. The van der Waals surface area contributed by atoms with E-state index in [0.717, 1.165) is 6.54 Å². The molecule has 1 fully saturated rings. The van der Waals surface area contributed by atoms with Crippen LogP contribution in [-0.4, -0.2) is 25.2 Å². The first-order valence-corrected chi connectivity index (χ1v) is 8.29. The molecular weight excluding hydrogens is 244 g/mol. The molecule has 1 aliphatic rings. The molecule has 112 valence electrons. The summed E-state index contributed by atoms with van der Waals surface area (Å²) in [5.41, 5.74) is 2.87. The van der Waals surface area contributed by atoms with Crippen LogP contribution in [0.15, 0.2) is 24.3 Å². The lowest BCUT2D eigenvalue weighted by Crippen LogP contribution is -2.47. The van der Waals surface area contributed by atoms with Crippen LogP contribution in [0.3, 0.4) is 0 Å². The van der Waals surface area contributed by atoms with Crippen LogP contribution < -0.4 is 10.2 Å². The van der Waals surface area contributed by atoms with Gasteiger partial charge in [0.1, 0.15) is 0 Å². The molecule has 2 heteroatoms. The van der Waals surface area contributed by atoms with Crippen molar-refractivity contribution in [2.75, 3.05) is 18.0 Å². The lowest BCUT2D eigenvalue weighted by Gasteiger charge is -2.36. The maximum atomic E-state index is 3.68. The molecule has 0 saturated carbocycles. The third-order valence-corrected chi connectivity index (χ3v) is 4.11. The third kappa shape index (κ3) is 4.52. The molecule has 0 aliphatic carbocycles. The van der Waals surface area contributed by atoms with E-state index in [1.807, 2.05) is 0 Å². The van der Waals surface area contributed by atoms with Gasteiger partial charge in [-0.3, -0.25) is 0 Å². The lowest BCUT2D eigenvalue weighted by molar-refractivity contribution is 0.395. The van der Waals surface area contributed by atoms with Gasteiger partial charge in [0.25, 0.3) is 0 Å². The fourth-order valence-electron chi connectivity index (χ4n) is 3.07. The van der Waals surface area contributed by atoms with E-state index >= 15 is 0 Å². The quantitative estimate of drug-likeness (QED) is 0.843. The zero-order valence-corrected chi connectivity index (χ0v) is 13.4. The van der Waals surface area contributed by atoms with Crippen LogP contribution in [0.2, 0.25) is 0 Å². The summed E-state index contributed by atoms with van der Waals surface area (Å²) in [4.78, 5) is 2.53. The first kappa shape index (κ1) is 15.4. The van der Waals surface area contributed by atoms with Crippen LogP contribution in [0, 0.1) is 0 Å².